The van der Waals surface area contributed by atoms with E-state index in [4.69, 9.17) is 9.47 Å². The van der Waals surface area contributed by atoms with Crippen LogP contribution in [0.5, 0.6) is 11.5 Å². The molecule has 4 aromatic rings. The molecule has 0 atom stereocenters. The van der Waals surface area contributed by atoms with Gasteiger partial charge in [-0.2, -0.15) is 4.99 Å². The summed E-state index contributed by atoms with van der Waals surface area (Å²) in [7, 11) is 0. The number of thiazole rings is 1. The van der Waals surface area contributed by atoms with Gasteiger partial charge in [0.1, 0.15) is 11.5 Å². The van der Waals surface area contributed by atoms with Crippen molar-refractivity contribution in [1.82, 2.24) is 4.57 Å². The van der Waals surface area contributed by atoms with Crippen LogP contribution < -0.4 is 9.54 Å². The van der Waals surface area contributed by atoms with Crippen molar-refractivity contribution in [2.24, 2.45) is 4.99 Å². The van der Waals surface area contributed by atoms with Crippen molar-refractivity contribution in [3.05, 3.63) is 88.2 Å². The van der Waals surface area contributed by atoms with Crippen LogP contribution in [0.15, 0.2) is 71.7 Å². The highest BCUT2D eigenvalue weighted by molar-refractivity contribution is 7.16. The molecule has 0 spiro atoms. The Morgan fingerprint density at radius 3 is 2.56 bits per heavy atom. The Labute approximate surface area is 191 Å². The molecular weight excluding hydrogens is 420 g/mol. The van der Waals surface area contributed by atoms with Crippen LogP contribution in [-0.2, 0) is 11.3 Å². The van der Waals surface area contributed by atoms with E-state index in [0.29, 0.717) is 41.6 Å². The minimum atomic E-state index is -0.331. The lowest BCUT2D eigenvalue weighted by atomic mass is 10.1. The van der Waals surface area contributed by atoms with Gasteiger partial charge in [0.25, 0.3) is 5.91 Å². The normalized spacial score (nSPS) is 11.8. The molecule has 0 saturated heterocycles. The van der Waals surface area contributed by atoms with Gasteiger partial charge < -0.3 is 14.0 Å². The van der Waals surface area contributed by atoms with E-state index < -0.39 is 0 Å². The van der Waals surface area contributed by atoms with Gasteiger partial charge in [0, 0.05) is 13.2 Å². The molecule has 0 aliphatic carbocycles. The second-order valence-corrected chi connectivity index (χ2v) is 8.50. The molecule has 0 fully saturated rings. The molecule has 1 heterocycles. The lowest BCUT2D eigenvalue weighted by Crippen LogP contribution is -2.20. The summed E-state index contributed by atoms with van der Waals surface area (Å²) >= 11 is 1.52. The van der Waals surface area contributed by atoms with Crippen LogP contribution in [0.2, 0.25) is 0 Å². The predicted octanol–water partition coefficient (Wildman–Crippen LogP) is 5.89. The zero-order valence-electron chi connectivity index (χ0n) is 18.5. The fourth-order valence-electron chi connectivity index (χ4n) is 3.68. The van der Waals surface area contributed by atoms with E-state index in [2.05, 4.69) is 35.5 Å². The van der Waals surface area contributed by atoms with E-state index in [9.17, 15) is 4.79 Å². The Bertz CT molecular complexity index is 1310. The third-order valence-corrected chi connectivity index (χ3v) is 6.09. The number of para-hydroxylation sites is 2. The van der Waals surface area contributed by atoms with Gasteiger partial charge in [-0.25, -0.2) is 0 Å². The van der Waals surface area contributed by atoms with Gasteiger partial charge in [-0.1, -0.05) is 47.7 Å². The van der Waals surface area contributed by atoms with Gasteiger partial charge in [0.2, 0.25) is 0 Å². The van der Waals surface area contributed by atoms with Crippen molar-refractivity contribution < 1.29 is 14.3 Å². The number of aromatic nitrogens is 1. The summed E-state index contributed by atoms with van der Waals surface area (Å²) in [5.41, 5.74) is 3.88. The molecule has 1 amide bonds. The fraction of sp³-hybridized carbons (Fsp3) is 0.231. The minimum absolute atomic E-state index is 0.331. The first-order valence-corrected chi connectivity index (χ1v) is 11.5. The molecule has 0 bridgehead atoms. The Kier molecular flexibility index (Phi) is 6.83. The Morgan fingerprint density at radius 1 is 1.03 bits per heavy atom. The number of hydrogen-bond donors (Lipinski definition) is 0. The summed E-state index contributed by atoms with van der Waals surface area (Å²) in [6, 6.07) is 20.9. The number of nitrogens with zero attached hydrogens (tertiary/aromatic N) is 2. The van der Waals surface area contributed by atoms with Crippen LogP contribution in [-0.4, -0.2) is 23.7 Å². The highest BCUT2D eigenvalue weighted by Crippen LogP contribution is 2.26. The summed E-state index contributed by atoms with van der Waals surface area (Å²) < 4.78 is 14.8. The molecule has 3 aromatic carbocycles. The Morgan fingerprint density at radius 2 is 1.78 bits per heavy atom. The van der Waals surface area contributed by atoms with Crippen LogP contribution in [0.25, 0.3) is 10.2 Å². The molecule has 32 heavy (non-hydrogen) atoms. The van der Waals surface area contributed by atoms with Crippen molar-refractivity contribution in [2.45, 2.75) is 27.3 Å². The number of fused-ring (bicyclic) bond motifs is 1. The third kappa shape index (κ3) is 4.82. The first-order valence-electron chi connectivity index (χ1n) is 10.7. The van der Waals surface area contributed by atoms with Gasteiger partial charge in [-0.15, -0.1) is 0 Å². The van der Waals surface area contributed by atoms with E-state index in [-0.39, 0.29) is 5.91 Å². The molecule has 0 radical (unpaired) electrons. The summed E-state index contributed by atoms with van der Waals surface area (Å²) in [5.74, 6) is 0.830. The van der Waals surface area contributed by atoms with Gasteiger partial charge in [0.15, 0.2) is 4.80 Å². The maximum absolute atomic E-state index is 13.3. The number of rotatable bonds is 7. The third-order valence-electron chi connectivity index (χ3n) is 5.06. The maximum atomic E-state index is 13.3. The number of aryl methyl sites for hydroxylation is 2. The lowest BCUT2D eigenvalue weighted by Gasteiger charge is -2.09. The summed E-state index contributed by atoms with van der Waals surface area (Å²) in [5, 5.41) is 0. The van der Waals surface area contributed by atoms with Crippen LogP contribution in [0.4, 0.5) is 0 Å². The smallest absolute Gasteiger partial charge is 0.283 e. The van der Waals surface area contributed by atoms with Crippen molar-refractivity contribution in [3.63, 3.8) is 0 Å². The van der Waals surface area contributed by atoms with Crippen molar-refractivity contribution in [1.29, 1.82) is 0 Å². The molecule has 0 saturated carbocycles. The van der Waals surface area contributed by atoms with E-state index in [0.717, 1.165) is 15.8 Å². The number of hydrogen-bond acceptors (Lipinski definition) is 4. The number of ether oxygens (including phenoxy) is 2. The van der Waals surface area contributed by atoms with Crippen molar-refractivity contribution >= 4 is 27.5 Å². The number of carbonyl (C=O) groups excluding carboxylic acids is 1. The molecule has 1 aromatic heterocycles. The van der Waals surface area contributed by atoms with Gasteiger partial charge in [0.05, 0.1) is 22.4 Å². The second kappa shape index (κ2) is 9.94. The Hall–Kier alpha value is -3.22. The SMILES string of the molecule is CCOCCn1c(=NC(=O)c2ccccc2Oc2ccccc2)sc2cc(C)cc(C)c21. The Balaban J connectivity index is 1.77. The van der Waals surface area contributed by atoms with Crippen LogP contribution >= 0.6 is 11.3 Å². The van der Waals surface area contributed by atoms with E-state index in [1.807, 2.05) is 49.4 Å². The number of carbonyl (C=O) groups is 1. The highest BCUT2D eigenvalue weighted by Gasteiger charge is 2.15. The first-order chi connectivity index (χ1) is 15.6. The molecule has 5 nitrogen and oxygen atoms in total. The molecule has 0 unspecified atom stereocenters. The van der Waals surface area contributed by atoms with Crippen LogP contribution in [0.3, 0.4) is 0 Å². The van der Waals surface area contributed by atoms with Crippen molar-refractivity contribution in [3.8, 4) is 11.5 Å². The summed E-state index contributed by atoms with van der Waals surface area (Å²) in [4.78, 5) is 18.4. The summed E-state index contributed by atoms with van der Waals surface area (Å²) in [6.07, 6.45) is 0. The molecule has 0 N–H and O–H groups in total. The predicted molar refractivity (Wildman–Crippen MR) is 129 cm³/mol. The van der Waals surface area contributed by atoms with Gasteiger partial charge in [-0.3, -0.25) is 4.79 Å². The standard InChI is InChI=1S/C26H26N2O3S/c1-4-30-15-14-28-24-19(3)16-18(2)17-23(24)32-26(28)27-25(29)21-12-8-9-13-22(21)31-20-10-6-5-7-11-20/h5-13,16-17H,4,14-15H2,1-3H3. The molecule has 6 heteroatoms. The summed E-state index contributed by atoms with van der Waals surface area (Å²) in [6.45, 7) is 7.99. The monoisotopic (exact) mass is 446 g/mol. The number of amides is 1. The minimum Gasteiger partial charge on any atom is -0.457 e. The molecular formula is C26H26N2O3S. The molecule has 0 aliphatic heterocycles. The molecule has 4 rings (SSSR count). The number of benzene rings is 3. The van der Waals surface area contributed by atoms with Crippen molar-refractivity contribution in [2.75, 3.05) is 13.2 Å². The zero-order chi connectivity index (χ0) is 22.5. The van der Waals surface area contributed by atoms with Gasteiger partial charge in [-0.05, 0) is 62.2 Å². The van der Waals surface area contributed by atoms with Crippen LogP contribution in [0, 0.1) is 13.8 Å². The van der Waals surface area contributed by atoms with E-state index in [1.54, 1.807) is 12.1 Å². The quantitative estimate of drug-likeness (QED) is 0.333. The lowest BCUT2D eigenvalue weighted by molar-refractivity contribution is 0.0994. The largest absolute Gasteiger partial charge is 0.457 e. The molecule has 0 aliphatic rings. The average Bonchev–Trinajstić information content (AvgIpc) is 3.12. The topological polar surface area (TPSA) is 52.8 Å². The van der Waals surface area contributed by atoms with E-state index >= 15 is 0 Å². The van der Waals surface area contributed by atoms with Gasteiger partial charge >= 0.3 is 0 Å². The fourth-order valence-corrected chi connectivity index (χ4v) is 4.91. The second-order valence-electron chi connectivity index (χ2n) is 7.49. The molecule has 164 valence electrons. The van der Waals surface area contributed by atoms with Crippen LogP contribution in [0.1, 0.15) is 28.4 Å². The maximum Gasteiger partial charge on any atom is 0.283 e. The highest BCUT2D eigenvalue weighted by atomic mass is 32.1. The average molecular weight is 447 g/mol. The first kappa shape index (κ1) is 22.0. The zero-order valence-corrected chi connectivity index (χ0v) is 19.3. The van der Waals surface area contributed by atoms with E-state index in [1.165, 1.54) is 16.9 Å².